The van der Waals surface area contributed by atoms with Gasteiger partial charge in [-0.15, -0.1) is 0 Å². The second kappa shape index (κ2) is 8.51. The molecule has 1 aromatic carbocycles. The number of rotatable bonds is 6. The Morgan fingerprint density at radius 2 is 1.77 bits per heavy atom. The van der Waals surface area contributed by atoms with Gasteiger partial charge >= 0.3 is 5.97 Å². The number of fused-ring (bicyclic) bond motifs is 1. The summed E-state index contributed by atoms with van der Waals surface area (Å²) in [4.78, 5) is 30.6. The van der Waals surface area contributed by atoms with Crippen molar-refractivity contribution >= 4 is 22.8 Å². The number of nitrogens with one attached hydrogen (secondary N) is 1. The number of esters is 1. The number of hydrogen-bond donors (Lipinski definition) is 1. The van der Waals surface area contributed by atoms with Gasteiger partial charge in [0, 0.05) is 11.4 Å². The maximum Gasteiger partial charge on any atom is 0.339 e. The number of carbonyl (C=O) groups is 2. The van der Waals surface area contributed by atoms with E-state index < -0.39 is 5.97 Å². The SMILES string of the molecule is Cc1ccc(-c2cc(C(=O)OCC(=O)N[C@H](C)C34CC5CC(CC(C5)C3)C4)c3ccccc3n2)o1. The average Bonchev–Trinajstić information content (AvgIpc) is 3.27. The van der Waals surface area contributed by atoms with Crippen LogP contribution < -0.4 is 5.32 Å². The van der Waals surface area contributed by atoms with Crippen molar-refractivity contribution in [3.05, 3.63) is 53.8 Å². The Bertz CT molecular complexity index is 1260. The maximum atomic E-state index is 13.1. The lowest BCUT2D eigenvalue weighted by atomic mass is 9.48. The summed E-state index contributed by atoms with van der Waals surface area (Å²) >= 11 is 0. The minimum absolute atomic E-state index is 0.0950. The van der Waals surface area contributed by atoms with Crippen LogP contribution in [0.1, 0.15) is 61.6 Å². The summed E-state index contributed by atoms with van der Waals surface area (Å²) in [5.41, 5.74) is 1.82. The fraction of sp³-hybridized carbons (Fsp3) is 0.483. The molecule has 35 heavy (non-hydrogen) atoms. The van der Waals surface area contributed by atoms with Crippen LogP contribution in [-0.4, -0.2) is 29.5 Å². The van der Waals surface area contributed by atoms with Crippen LogP contribution in [0.3, 0.4) is 0 Å². The quantitative estimate of drug-likeness (QED) is 0.467. The molecule has 1 N–H and O–H groups in total. The number of amides is 1. The second-order valence-electron chi connectivity index (χ2n) is 11.1. The summed E-state index contributed by atoms with van der Waals surface area (Å²) in [7, 11) is 0. The number of hydrogen-bond acceptors (Lipinski definition) is 5. The van der Waals surface area contributed by atoms with Gasteiger partial charge in [0.25, 0.3) is 5.91 Å². The molecular formula is C29H32N2O4. The van der Waals surface area contributed by atoms with E-state index in [1.807, 2.05) is 43.3 Å². The largest absolute Gasteiger partial charge is 0.460 e. The number of para-hydroxylation sites is 1. The maximum absolute atomic E-state index is 13.1. The van der Waals surface area contributed by atoms with E-state index >= 15 is 0 Å². The summed E-state index contributed by atoms with van der Waals surface area (Å²) in [6.07, 6.45) is 7.78. The van der Waals surface area contributed by atoms with Crippen molar-refractivity contribution in [3.63, 3.8) is 0 Å². The number of carbonyl (C=O) groups excluding carboxylic acids is 2. The first-order valence-corrected chi connectivity index (χ1v) is 12.8. The smallest absolute Gasteiger partial charge is 0.339 e. The molecule has 4 aliphatic rings. The molecule has 6 heteroatoms. The third-order valence-electron chi connectivity index (χ3n) is 8.64. The van der Waals surface area contributed by atoms with E-state index in [1.165, 1.54) is 38.5 Å². The first-order valence-electron chi connectivity index (χ1n) is 12.8. The number of benzene rings is 1. The van der Waals surface area contributed by atoms with Crippen molar-refractivity contribution in [2.45, 2.75) is 58.4 Å². The predicted molar refractivity (Wildman–Crippen MR) is 133 cm³/mol. The van der Waals surface area contributed by atoms with Crippen LogP contribution in [0.2, 0.25) is 0 Å². The Hall–Kier alpha value is -3.15. The Morgan fingerprint density at radius 1 is 1.09 bits per heavy atom. The van der Waals surface area contributed by atoms with Crippen LogP contribution in [0, 0.1) is 30.1 Å². The molecule has 4 aliphatic carbocycles. The molecule has 182 valence electrons. The van der Waals surface area contributed by atoms with Crippen molar-refractivity contribution in [3.8, 4) is 11.5 Å². The van der Waals surface area contributed by atoms with E-state index in [0.717, 1.165) is 23.5 Å². The molecule has 0 saturated heterocycles. The standard InChI is InChI=1S/C29H32N2O4/c1-17-7-8-26(35-17)25-12-23(22-5-3-4-6-24(22)31-25)28(33)34-16-27(32)30-18(2)29-13-19-9-20(14-29)11-21(10-19)15-29/h3-8,12,18-21H,9-11,13-16H2,1-2H3,(H,30,32)/t18-,19?,20?,21?,29?/m1/s1. The van der Waals surface area contributed by atoms with E-state index in [9.17, 15) is 9.59 Å². The van der Waals surface area contributed by atoms with E-state index in [4.69, 9.17) is 9.15 Å². The van der Waals surface area contributed by atoms with Gasteiger partial charge in [0.05, 0.1) is 11.1 Å². The number of ether oxygens (including phenoxy) is 1. The highest BCUT2D eigenvalue weighted by molar-refractivity contribution is 6.05. The van der Waals surface area contributed by atoms with Gasteiger partial charge in [-0.05, 0) is 99.8 Å². The van der Waals surface area contributed by atoms with Crippen molar-refractivity contribution in [1.82, 2.24) is 10.3 Å². The van der Waals surface area contributed by atoms with E-state index in [2.05, 4.69) is 17.2 Å². The molecule has 4 saturated carbocycles. The molecule has 6 nitrogen and oxygen atoms in total. The van der Waals surface area contributed by atoms with Gasteiger partial charge in [-0.2, -0.15) is 0 Å². The third-order valence-corrected chi connectivity index (χ3v) is 8.64. The zero-order valence-corrected chi connectivity index (χ0v) is 20.4. The van der Waals surface area contributed by atoms with Gasteiger partial charge < -0.3 is 14.5 Å². The molecule has 0 radical (unpaired) electrons. The monoisotopic (exact) mass is 472 g/mol. The molecule has 0 spiro atoms. The highest BCUT2D eigenvalue weighted by Crippen LogP contribution is 2.61. The van der Waals surface area contributed by atoms with Crippen LogP contribution >= 0.6 is 0 Å². The normalized spacial score (nSPS) is 27.7. The molecule has 2 aromatic heterocycles. The van der Waals surface area contributed by atoms with Gasteiger partial charge in [0.1, 0.15) is 11.5 Å². The predicted octanol–water partition coefficient (Wildman–Crippen LogP) is 5.68. The first kappa shape index (κ1) is 22.3. The Morgan fingerprint density at radius 3 is 2.43 bits per heavy atom. The van der Waals surface area contributed by atoms with Gasteiger partial charge in [0.2, 0.25) is 0 Å². The molecule has 4 bridgehead atoms. The number of aryl methyl sites for hydroxylation is 1. The minimum atomic E-state index is -0.536. The molecule has 0 unspecified atom stereocenters. The lowest BCUT2D eigenvalue weighted by Gasteiger charge is -2.59. The van der Waals surface area contributed by atoms with Gasteiger partial charge in [-0.25, -0.2) is 9.78 Å². The Balaban J connectivity index is 1.15. The average molecular weight is 473 g/mol. The molecule has 1 amide bonds. The number of nitrogens with zero attached hydrogens (tertiary/aromatic N) is 1. The fourth-order valence-electron chi connectivity index (χ4n) is 7.40. The second-order valence-corrected chi connectivity index (χ2v) is 11.1. The van der Waals surface area contributed by atoms with Crippen LogP contribution in [0.5, 0.6) is 0 Å². The van der Waals surface area contributed by atoms with Crippen LogP contribution in [0.4, 0.5) is 0 Å². The van der Waals surface area contributed by atoms with E-state index in [1.54, 1.807) is 6.07 Å². The van der Waals surface area contributed by atoms with Gasteiger partial charge in [-0.3, -0.25) is 4.79 Å². The molecule has 7 rings (SSSR count). The molecular weight excluding hydrogens is 440 g/mol. The third kappa shape index (κ3) is 4.13. The Labute approximate surface area is 205 Å². The van der Waals surface area contributed by atoms with Crippen LogP contribution in [0.25, 0.3) is 22.4 Å². The summed E-state index contributed by atoms with van der Waals surface area (Å²) in [5.74, 6) is 3.06. The molecule has 2 heterocycles. The zero-order chi connectivity index (χ0) is 24.2. The van der Waals surface area contributed by atoms with Crippen molar-refractivity contribution in [1.29, 1.82) is 0 Å². The molecule has 1 atom stereocenters. The molecule has 4 fully saturated rings. The lowest BCUT2D eigenvalue weighted by Crippen LogP contribution is -2.56. The zero-order valence-electron chi connectivity index (χ0n) is 20.4. The summed E-state index contributed by atoms with van der Waals surface area (Å²) in [5, 5.41) is 3.86. The van der Waals surface area contributed by atoms with Gasteiger partial charge in [0.15, 0.2) is 12.4 Å². The van der Waals surface area contributed by atoms with E-state index in [0.29, 0.717) is 27.9 Å². The highest BCUT2D eigenvalue weighted by Gasteiger charge is 2.53. The van der Waals surface area contributed by atoms with Crippen molar-refractivity contribution in [2.75, 3.05) is 6.61 Å². The van der Waals surface area contributed by atoms with E-state index in [-0.39, 0.29) is 24.0 Å². The minimum Gasteiger partial charge on any atom is -0.460 e. The Kier molecular flexibility index (Phi) is 5.42. The molecule has 0 aliphatic heterocycles. The van der Waals surface area contributed by atoms with Crippen LogP contribution in [0.15, 0.2) is 46.9 Å². The number of pyridine rings is 1. The summed E-state index contributed by atoms with van der Waals surface area (Å²) < 4.78 is 11.2. The topological polar surface area (TPSA) is 81.4 Å². The number of furan rings is 1. The van der Waals surface area contributed by atoms with Crippen molar-refractivity contribution in [2.24, 2.45) is 23.2 Å². The highest BCUT2D eigenvalue weighted by atomic mass is 16.5. The lowest BCUT2D eigenvalue weighted by molar-refractivity contribution is -0.128. The van der Waals surface area contributed by atoms with Crippen LogP contribution in [-0.2, 0) is 9.53 Å². The first-order chi connectivity index (χ1) is 16.9. The molecule has 3 aromatic rings. The number of aromatic nitrogens is 1. The van der Waals surface area contributed by atoms with Crippen molar-refractivity contribution < 1.29 is 18.7 Å². The van der Waals surface area contributed by atoms with Gasteiger partial charge in [-0.1, -0.05) is 18.2 Å². The summed E-state index contributed by atoms with van der Waals surface area (Å²) in [6.45, 7) is 3.71. The summed E-state index contributed by atoms with van der Waals surface area (Å²) in [6, 6.07) is 12.9. The fourth-order valence-corrected chi connectivity index (χ4v) is 7.40.